The summed E-state index contributed by atoms with van der Waals surface area (Å²) >= 11 is 0.830. The lowest BCUT2D eigenvalue weighted by Gasteiger charge is -2.07. The highest BCUT2D eigenvalue weighted by molar-refractivity contribution is 7.91. The van der Waals surface area contributed by atoms with Crippen LogP contribution in [-0.2, 0) is 19.6 Å². The number of nitrogens with one attached hydrogen (secondary N) is 2. The van der Waals surface area contributed by atoms with Gasteiger partial charge in [-0.3, -0.25) is 4.79 Å². The summed E-state index contributed by atoms with van der Waals surface area (Å²) in [7, 11) is -2.70. The third-order valence-corrected chi connectivity index (χ3v) is 5.65. The maximum Gasteiger partial charge on any atom is 0.358 e. The molecule has 0 spiro atoms. The molecule has 1 aromatic heterocycles. The third-order valence-electron chi connectivity index (χ3n) is 2.82. The predicted octanol–water partition coefficient (Wildman–Crippen LogP) is -0.266. The molecule has 1 aromatic rings. The maximum absolute atomic E-state index is 12.1. The summed E-state index contributed by atoms with van der Waals surface area (Å²) in [5.41, 5.74) is 1.02. The fourth-order valence-electron chi connectivity index (χ4n) is 1.59. The van der Waals surface area contributed by atoms with Crippen molar-refractivity contribution in [1.82, 2.24) is 15.0 Å². The minimum Gasteiger partial charge on any atom is -0.464 e. The molecule has 0 aliphatic heterocycles. The number of nitrogens with zero attached hydrogens (tertiary/aromatic N) is 1. The first-order chi connectivity index (χ1) is 9.95. The molecule has 8 nitrogen and oxygen atoms in total. The van der Waals surface area contributed by atoms with Gasteiger partial charge in [0.25, 0.3) is 10.0 Å². The molecular formula is C11H15N3O5S2. The topological polar surface area (TPSA) is 114 Å². The van der Waals surface area contributed by atoms with Gasteiger partial charge < -0.3 is 10.1 Å². The number of hydrogen-bond acceptors (Lipinski definition) is 7. The second-order valence-corrected chi connectivity index (χ2v) is 7.26. The zero-order valence-electron chi connectivity index (χ0n) is 11.3. The highest BCUT2D eigenvalue weighted by Gasteiger charge is 2.29. The van der Waals surface area contributed by atoms with Gasteiger partial charge in [0.15, 0.2) is 9.90 Å². The standard InChI is InChI=1S/C11H15N3O5S2/c1-19-10(16)8-11(20-6-13-8)21(17,18)14-5-4-12-9(15)7-2-3-7/h6-7,14H,2-5H2,1H3,(H,12,15). The number of hydrogen-bond donors (Lipinski definition) is 2. The number of sulfonamides is 1. The number of methoxy groups -OCH3 is 1. The number of rotatable bonds is 7. The van der Waals surface area contributed by atoms with E-state index in [1.165, 1.54) is 5.51 Å². The Balaban J connectivity index is 1.90. The van der Waals surface area contributed by atoms with E-state index in [0.717, 1.165) is 31.3 Å². The van der Waals surface area contributed by atoms with Crippen molar-refractivity contribution in [1.29, 1.82) is 0 Å². The van der Waals surface area contributed by atoms with Crippen LogP contribution in [-0.4, -0.2) is 45.5 Å². The van der Waals surface area contributed by atoms with Crippen LogP contribution in [0.25, 0.3) is 0 Å². The Bertz CT molecular complexity index is 636. The molecule has 0 radical (unpaired) electrons. The van der Waals surface area contributed by atoms with E-state index in [1.807, 2.05) is 0 Å². The van der Waals surface area contributed by atoms with Crippen molar-refractivity contribution in [2.24, 2.45) is 5.92 Å². The first-order valence-corrected chi connectivity index (χ1v) is 8.61. The van der Waals surface area contributed by atoms with Gasteiger partial charge in [-0.15, -0.1) is 11.3 Å². The normalized spacial score (nSPS) is 14.7. The summed E-state index contributed by atoms with van der Waals surface area (Å²) in [6, 6.07) is 0. The van der Waals surface area contributed by atoms with Gasteiger partial charge in [0.2, 0.25) is 5.91 Å². The van der Waals surface area contributed by atoms with E-state index >= 15 is 0 Å². The van der Waals surface area contributed by atoms with Crippen LogP contribution in [0.5, 0.6) is 0 Å². The maximum atomic E-state index is 12.1. The Morgan fingerprint density at radius 3 is 2.76 bits per heavy atom. The Labute approximate surface area is 126 Å². The molecule has 0 bridgehead atoms. The van der Waals surface area contributed by atoms with E-state index in [0.29, 0.717) is 0 Å². The summed E-state index contributed by atoms with van der Waals surface area (Å²) in [4.78, 5) is 26.5. The van der Waals surface area contributed by atoms with Crippen LogP contribution in [0.3, 0.4) is 0 Å². The molecule has 1 aliphatic carbocycles. The molecule has 10 heteroatoms. The number of esters is 1. The summed E-state index contributed by atoms with van der Waals surface area (Å²) in [6.07, 6.45) is 1.78. The first-order valence-electron chi connectivity index (χ1n) is 6.25. The summed E-state index contributed by atoms with van der Waals surface area (Å²) in [6.45, 7) is 0.236. The SMILES string of the molecule is COC(=O)c1ncsc1S(=O)(=O)NCCNC(=O)C1CC1. The van der Waals surface area contributed by atoms with E-state index < -0.39 is 16.0 Å². The van der Waals surface area contributed by atoms with Crippen molar-refractivity contribution in [3.8, 4) is 0 Å². The quantitative estimate of drug-likeness (QED) is 0.524. The molecule has 1 fully saturated rings. The number of aromatic nitrogens is 1. The Hall–Kier alpha value is -1.52. The van der Waals surface area contributed by atoms with Crippen molar-refractivity contribution in [3.05, 3.63) is 11.2 Å². The average Bonchev–Trinajstić information content (AvgIpc) is 3.18. The molecule has 0 saturated heterocycles. The van der Waals surface area contributed by atoms with E-state index in [4.69, 9.17) is 0 Å². The number of ether oxygens (including phenoxy) is 1. The highest BCUT2D eigenvalue weighted by atomic mass is 32.2. The summed E-state index contributed by atoms with van der Waals surface area (Å²) in [5.74, 6) is -0.782. The molecule has 0 aromatic carbocycles. The smallest absolute Gasteiger partial charge is 0.358 e. The van der Waals surface area contributed by atoms with Gasteiger partial charge in [-0.25, -0.2) is 22.9 Å². The van der Waals surface area contributed by atoms with Crippen LogP contribution in [0.2, 0.25) is 0 Å². The van der Waals surface area contributed by atoms with E-state index in [2.05, 4.69) is 19.8 Å². The molecule has 0 unspecified atom stereocenters. The molecule has 21 heavy (non-hydrogen) atoms. The molecule has 1 saturated carbocycles. The minimum atomic E-state index is -3.85. The van der Waals surface area contributed by atoms with Crippen molar-refractivity contribution < 1.29 is 22.7 Å². The van der Waals surface area contributed by atoms with Gasteiger partial charge in [-0.2, -0.15) is 0 Å². The van der Waals surface area contributed by atoms with E-state index in [1.54, 1.807) is 0 Å². The van der Waals surface area contributed by atoms with Crippen LogP contribution in [0.1, 0.15) is 23.3 Å². The highest BCUT2D eigenvalue weighted by Crippen LogP contribution is 2.28. The molecule has 1 heterocycles. The lowest BCUT2D eigenvalue weighted by Crippen LogP contribution is -2.35. The number of amides is 1. The zero-order valence-corrected chi connectivity index (χ0v) is 12.9. The monoisotopic (exact) mass is 333 g/mol. The van der Waals surface area contributed by atoms with Crippen molar-refractivity contribution in [3.63, 3.8) is 0 Å². The van der Waals surface area contributed by atoms with Crippen LogP contribution in [0.15, 0.2) is 9.72 Å². The Kier molecular flexibility index (Phi) is 4.91. The minimum absolute atomic E-state index is 0.0410. The van der Waals surface area contributed by atoms with Gasteiger partial charge in [0.1, 0.15) is 0 Å². The fraction of sp³-hybridized carbons (Fsp3) is 0.545. The van der Waals surface area contributed by atoms with Gasteiger partial charge >= 0.3 is 5.97 Å². The second kappa shape index (κ2) is 6.50. The number of carbonyl (C=O) groups is 2. The predicted molar refractivity (Wildman–Crippen MR) is 74.4 cm³/mol. The van der Waals surface area contributed by atoms with Gasteiger partial charge in [-0.1, -0.05) is 0 Å². The van der Waals surface area contributed by atoms with Crippen LogP contribution >= 0.6 is 11.3 Å². The van der Waals surface area contributed by atoms with Crippen molar-refractivity contribution in [2.75, 3.05) is 20.2 Å². The van der Waals surface area contributed by atoms with Crippen LogP contribution in [0.4, 0.5) is 0 Å². The lowest BCUT2D eigenvalue weighted by atomic mass is 10.4. The van der Waals surface area contributed by atoms with Gasteiger partial charge in [0.05, 0.1) is 12.6 Å². The zero-order chi connectivity index (χ0) is 15.5. The first kappa shape index (κ1) is 15.9. The largest absolute Gasteiger partial charge is 0.464 e. The van der Waals surface area contributed by atoms with Gasteiger partial charge in [-0.05, 0) is 12.8 Å². The summed E-state index contributed by atoms with van der Waals surface area (Å²) < 4.78 is 30.7. The second-order valence-electron chi connectivity index (χ2n) is 4.44. The van der Waals surface area contributed by atoms with Crippen LogP contribution < -0.4 is 10.0 Å². The number of carbonyl (C=O) groups excluding carboxylic acids is 2. The van der Waals surface area contributed by atoms with Gasteiger partial charge in [0, 0.05) is 19.0 Å². The van der Waals surface area contributed by atoms with Crippen molar-refractivity contribution in [2.45, 2.75) is 17.1 Å². The third kappa shape index (κ3) is 3.99. The molecular weight excluding hydrogens is 318 g/mol. The molecule has 1 amide bonds. The Morgan fingerprint density at radius 1 is 1.43 bits per heavy atom. The fourth-order valence-corrected chi connectivity index (χ4v) is 3.79. The molecule has 2 rings (SSSR count). The van der Waals surface area contributed by atoms with E-state index in [9.17, 15) is 18.0 Å². The van der Waals surface area contributed by atoms with Crippen molar-refractivity contribution >= 4 is 33.2 Å². The lowest BCUT2D eigenvalue weighted by molar-refractivity contribution is -0.122. The molecule has 2 N–H and O–H groups in total. The molecule has 1 aliphatic rings. The van der Waals surface area contributed by atoms with Crippen LogP contribution in [0, 0.1) is 5.92 Å². The molecule has 0 atom stereocenters. The van der Waals surface area contributed by atoms with E-state index in [-0.39, 0.29) is 34.8 Å². The summed E-state index contributed by atoms with van der Waals surface area (Å²) in [5, 5.41) is 2.64. The Morgan fingerprint density at radius 2 is 2.14 bits per heavy atom. The molecule has 116 valence electrons. The average molecular weight is 333 g/mol. The number of thiazole rings is 1.